The fraction of sp³-hybridized carbons (Fsp3) is 0.948. The molecule has 0 saturated carbocycles. The van der Waals surface area contributed by atoms with Crippen molar-refractivity contribution in [1.82, 2.24) is 0 Å². The number of unbranched alkanes of at least 4 members (excludes halogenated alkanes) is 49. The van der Waals surface area contributed by atoms with Crippen LogP contribution in [-0.2, 0) is 65.4 Å². The van der Waals surface area contributed by atoms with Crippen molar-refractivity contribution in [2.24, 2.45) is 5.92 Å². The van der Waals surface area contributed by atoms with E-state index in [1.54, 1.807) is 0 Å². The minimum absolute atomic E-state index is 0.107. The Kier molecular flexibility index (Phi) is 68.7. The molecule has 0 bridgehead atoms. The molecule has 0 radical (unpaired) electrons. The predicted molar refractivity (Wildman–Crippen MR) is 391 cm³/mol. The van der Waals surface area contributed by atoms with Crippen molar-refractivity contribution < 1.29 is 80.2 Å². The molecular weight excluding hydrogens is 1260 g/mol. The van der Waals surface area contributed by atoms with E-state index in [9.17, 15) is 43.2 Å². The normalized spacial score (nSPS) is 13.9. The van der Waals surface area contributed by atoms with Gasteiger partial charge >= 0.3 is 39.5 Å². The molecule has 0 heterocycles. The van der Waals surface area contributed by atoms with Gasteiger partial charge in [0.1, 0.15) is 19.3 Å². The van der Waals surface area contributed by atoms with Crippen LogP contribution >= 0.6 is 15.6 Å². The predicted octanol–water partition coefficient (Wildman–Crippen LogP) is 22.9. The second-order valence-corrected chi connectivity index (χ2v) is 31.1. The summed E-state index contributed by atoms with van der Waals surface area (Å²) < 4.78 is 68.3. The van der Waals surface area contributed by atoms with Crippen LogP contribution in [0.5, 0.6) is 0 Å². The standard InChI is InChI=1S/C77H150O17P2/c1-6-9-12-15-17-19-21-23-25-26-27-28-31-36-40-44-48-53-58-63-77(82)94-73(67-88-75(80)61-56-51-46-42-38-35-32-29-30-33-37-41-45-50-54-59-70(4)5)69-92-96(85,86)90-65-71(78)64-89-95(83,84)91-68-72(66-87-74(79)60-55-49-14-11-8-3)93-76(81)62-57-52-47-43-39-34-24-22-20-18-16-13-10-7-2/h70-73,78H,6-69H2,1-5H3,(H,83,84)(H,85,86)/t71-,72+,73+/m0/s1. The van der Waals surface area contributed by atoms with Gasteiger partial charge in [-0.1, -0.05) is 356 Å². The first kappa shape index (κ1) is 94.1. The highest BCUT2D eigenvalue weighted by molar-refractivity contribution is 7.47. The molecule has 5 atom stereocenters. The van der Waals surface area contributed by atoms with Crippen LogP contribution in [0.25, 0.3) is 0 Å². The van der Waals surface area contributed by atoms with Crippen LogP contribution in [0.1, 0.15) is 407 Å². The highest BCUT2D eigenvalue weighted by Gasteiger charge is 2.30. The molecule has 19 heteroatoms. The number of carbonyl (C=O) groups excluding carboxylic acids is 4. The van der Waals surface area contributed by atoms with Crippen molar-refractivity contribution in [3.63, 3.8) is 0 Å². The van der Waals surface area contributed by atoms with Crippen LogP contribution in [0.3, 0.4) is 0 Å². The van der Waals surface area contributed by atoms with Gasteiger partial charge in [-0.05, 0) is 31.6 Å². The molecule has 0 aromatic heterocycles. The lowest BCUT2D eigenvalue weighted by atomic mass is 10.0. The first-order valence-corrected chi connectivity index (χ1v) is 43.1. The molecule has 0 aliphatic heterocycles. The van der Waals surface area contributed by atoms with Crippen molar-refractivity contribution >= 4 is 39.5 Å². The molecule has 17 nitrogen and oxygen atoms in total. The van der Waals surface area contributed by atoms with E-state index in [2.05, 4.69) is 34.6 Å². The van der Waals surface area contributed by atoms with Crippen molar-refractivity contribution in [3.8, 4) is 0 Å². The maximum absolute atomic E-state index is 13.1. The molecule has 0 aromatic rings. The molecule has 570 valence electrons. The van der Waals surface area contributed by atoms with Crippen molar-refractivity contribution in [3.05, 3.63) is 0 Å². The van der Waals surface area contributed by atoms with Gasteiger partial charge in [-0.3, -0.25) is 37.3 Å². The summed E-state index contributed by atoms with van der Waals surface area (Å²) in [5, 5.41) is 10.6. The molecule has 0 fully saturated rings. The Labute approximate surface area is 588 Å². The van der Waals surface area contributed by atoms with Gasteiger partial charge in [0.15, 0.2) is 12.2 Å². The van der Waals surface area contributed by atoms with E-state index in [-0.39, 0.29) is 25.7 Å². The van der Waals surface area contributed by atoms with E-state index < -0.39 is 97.5 Å². The van der Waals surface area contributed by atoms with E-state index in [1.807, 2.05) is 0 Å². The molecule has 0 saturated heterocycles. The maximum Gasteiger partial charge on any atom is 0.472 e. The number of esters is 4. The van der Waals surface area contributed by atoms with E-state index in [0.717, 1.165) is 102 Å². The minimum Gasteiger partial charge on any atom is -0.462 e. The number of hydrogen-bond acceptors (Lipinski definition) is 15. The zero-order chi connectivity index (χ0) is 70.5. The summed E-state index contributed by atoms with van der Waals surface area (Å²) in [5.41, 5.74) is 0. The van der Waals surface area contributed by atoms with Gasteiger partial charge in [0.2, 0.25) is 0 Å². The summed E-state index contributed by atoms with van der Waals surface area (Å²) in [6, 6.07) is 0. The SMILES string of the molecule is CCCCCCCCCCCCCCCCCCCCCC(=O)O[C@H](COC(=O)CCCCCCCCCCCCCCCCCC(C)C)COP(=O)(O)OC[C@@H](O)COP(=O)(O)OC[C@@H](COC(=O)CCCCCCC)OC(=O)CCCCCCCCCCCCCCCC. The van der Waals surface area contributed by atoms with Gasteiger partial charge in [-0.2, -0.15) is 0 Å². The average molecular weight is 1410 g/mol. The summed E-state index contributed by atoms with van der Waals surface area (Å²) in [5.74, 6) is -1.32. The molecule has 0 spiro atoms. The van der Waals surface area contributed by atoms with Gasteiger partial charge < -0.3 is 33.8 Å². The molecule has 0 aliphatic rings. The number of phosphoric acid groups is 2. The zero-order valence-corrected chi connectivity index (χ0v) is 64.3. The Morgan fingerprint density at radius 2 is 0.479 bits per heavy atom. The fourth-order valence-corrected chi connectivity index (χ4v) is 13.5. The summed E-state index contributed by atoms with van der Waals surface area (Å²) in [6.45, 7) is 7.25. The Balaban J connectivity index is 5.13. The van der Waals surface area contributed by atoms with Gasteiger partial charge in [0.25, 0.3) is 0 Å². The van der Waals surface area contributed by atoms with Crippen molar-refractivity contribution in [2.45, 2.75) is 425 Å². The molecule has 3 N–H and O–H groups in total. The minimum atomic E-state index is -4.96. The van der Waals surface area contributed by atoms with Gasteiger partial charge in [0, 0.05) is 25.7 Å². The van der Waals surface area contributed by atoms with E-state index in [4.69, 9.17) is 37.0 Å². The van der Waals surface area contributed by atoms with E-state index in [1.165, 1.54) is 225 Å². The Hall–Kier alpha value is -1.94. The topological polar surface area (TPSA) is 237 Å². The first-order chi connectivity index (χ1) is 46.5. The lowest BCUT2D eigenvalue weighted by molar-refractivity contribution is -0.161. The quantitative estimate of drug-likeness (QED) is 0.0222. The summed E-state index contributed by atoms with van der Waals surface area (Å²) in [4.78, 5) is 72.6. The molecular formula is C77H150O17P2. The third-order valence-corrected chi connectivity index (χ3v) is 19.9. The third-order valence-electron chi connectivity index (χ3n) is 18.0. The van der Waals surface area contributed by atoms with E-state index >= 15 is 0 Å². The van der Waals surface area contributed by atoms with Gasteiger partial charge in [-0.25, -0.2) is 9.13 Å². The molecule has 0 rings (SSSR count). The number of carbonyl (C=O) groups is 4. The Bertz CT molecular complexity index is 1840. The summed E-state index contributed by atoms with van der Waals surface area (Å²) in [7, 11) is -9.90. The van der Waals surface area contributed by atoms with E-state index in [0.29, 0.717) is 25.7 Å². The largest absolute Gasteiger partial charge is 0.472 e. The fourth-order valence-electron chi connectivity index (χ4n) is 11.9. The van der Waals surface area contributed by atoms with Crippen LogP contribution in [0.15, 0.2) is 0 Å². The van der Waals surface area contributed by atoms with Crippen molar-refractivity contribution in [2.75, 3.05) is 39.6 Å². The monoisotopic (exact) mass is 1410 g/mol. The second-order valence-electron chi connectivity index (χ2n) is 28.2. The zero-order valence-electron chi connectivity index (χ0n) is 62.5. The second kappa shape index (κ2) is 70.1. The number of aliphatic hydroxyl groups excluding tert-OH is 1. The number of aliphatic hydroxyl groups is 1. The highest BCUT2D eigenvalue weighted by atomic mass is 31.2. The summed E-state index contributed by atoms with van der Waals surface area (Å²) >= 11 is 0. The maximum atomic E-state index is 13.1. The first-order valence-electron chi connectivity index (χ1n) is 40.1. The van der Waals surface area contributed by atoms with Gasteiger partial charge in [-0.15, -0.1) is 0 Å². The smallest absolute Gasteiger partial charge is 0.462 e. The van der Waals surface area contributed by atoms with Crippen LogP contribution in [0.2, 0.25) is 0 Å². The Morgan fingerprint density at radius 3 is 0.708 bits per heavy atom. The van der Waals surface area contributed by atoms with Crippen LogP contribution in [-0.4, -0.2) is 96.7 Å². The molecule has 0 amide bonds. The lowest BCUT2D eigenvalue weighted by Gasteiger charge is -2.21. The highest BCUT2D eigenvalue weighted by Crippen LogP contribution is 2.45. The molecule has 2 unspecified atom stereocenters. The molecule has 96 heavy (non-hydrogen) atoms. The molecule has 0 aromatic carbocycles. The van der Waals surface area contributed by atoms with Crippen LogP contribution in [0, 0.1) is 5.92 Å². The third kappa shape index (κ3) is 70.5. The van der Waals surface area contributed by atoms with Crippen LogP contribution in [0.4, 0.5) is 0 Å². The van der Waals surface area contributed by atoms with Crippen molar-refractivity contribution in [1.29, 1.82) is 0 Å². The van der Waals surface area contributed by atoms with Crippen LogP contribution < -0.4 is 0 Å². The average Bonchev–Trinajstić information content (AvgIpc) is 1.11. The number of ether oxygens (including phenoxy) is 4. The Morgan fingerprint density at radius 1 is 0.281 bits per heavy atom. The summed E-state index contributed by atoms with van der Waals surface area (Å²) in [6.07, 6.45) is 60.1. The number of rotatable bonds is 77. The number of phosphoric ester groups is 2. The number of hydrogen-bond donors (Lipinski definition) is 3. The van der Waals surface area contributed by atoms with Gasteiger partial charge in [0.05, 0.1) is 26.4 Å². The molecule has 0 aliphatic carbocycles. The lowest BCUT2D eigenvalue weighted by Crippen LogP contribution is -2.30.